The average Bonchev–Trinajstić information content (AvgIpc) is 2.84. The Balaban J connectivity index is 2.18. The molecule has 3 aromatic rings. The van der Waals surface area contributed by atoms with Crippen LogP contribution in [0.2, 0.25) is 0 Å². The predicted octanol–water partition coefficient (Wildman–Crippen LogP) is 2.58. The molecule has 0 radical (unpaired) electrons. The molecule has 0 saturated heterocycles. The molecule has 94 valence electrons. The maximum atomic E-state index is 12.4. The van der Waals surface area contributed by atoms with Gasteiger partial charge in [0.1, 0.15) is 17.1 Å². The number of hydrogen-bond donors (Lipinski definition) is 1. The third kappa shape index (κ3) is 1.78. The summed E-state index contributed by atoms with van der Waals surface area (Å²) >= 11 is 0. The van der Waals surface area contributed by atoms with Crippen LogP contribution in [0.5, 0.6) is 5.75 Å². The summed E-state index contributed by atoms with van der Waals surface area (Å²) in [7, 11) is 0. The predicted molar refractivity (Wildman–Crippen MR) is 71.5 cm³/mol. The number of hydrogen-bond acceptors (Lipinski definition) is 3. The molecule has 1 aromatic carbocycles. The molecule has 4 heteroatoms. The topological polar surface area (TPSA) is 54.6 Å². The molecule has 0 aliphatic carbocycles. The number of rotatable bonds is 2. The minimum absolute atomic E-state index is 0.0184. The fourth-order valence-electron chi connectivity index (χ4n) is 2.12. The Hall–Kier alpha value is -2.62. The summed E-state index contributed by atoms with van der Waals surface area (Å²) in [5, 5.41) is 9.76. The van der Waals surface area contributed by atoms with Gasteiger partial charge in [-0.3, -0.25) is 9.20 Å². The Morgan fingerprint density at radius 2 is 2.00 bits per heavy atom. The van der Waals surface area contributed by atoms with Gasteiger partial charge in [-0.1, -0.05) is 18.2 Å². The summed E-state index contributed by atoms with van der Waals surface area (Å²) in [6, 6.07) is 10.3. The molecular formula is C15H12N2O2. The summed E-state index contributed by atoms with van der Waals surface area (Å²) in [5.41, 5.74) is 2.48. The maximum Gasteiger partial charge on any atom is 0.215 e. The number of aryl methyl sites for hydroxylation is 1. The van der Waals surface area contributed by atoms with Crippen molar-refractivity contribution in [2.24, 2.45) is 0 Å². The van der Waals surface area contributed by atoms with Gasteiger partial charge < -0.3 is 5.11 Å². The smallest absolute Gasteiger partial charge is 0.215 e. The molecule has 0 atom stereocenters. The highest BCUT2D eigenvalue weighted by atomic mass is 16.3. The first-order valence-electron chi connectivity index (χ1n) is 5.94. The largest absolute Gasteiger partial charge is 0.507 e. The van der Waals surface area contributed by atoms with E-state index < -0.39 is 0 Å². The van der Waals surface area contributed by atoms with Gasteiger partial charge in [0.2, 0.25) is 5.78 Å². The number of phenolic OH excluding ortho intramolecular Hbond substituents is 1. The number of carbonyl (C=O) groups is 1. The number of phenols is 1. The number of carbonyl (C=O) groups excluding carboxylic acids is 1. The minimum atomic E-state index is -0.240. The first-order chi connectivity index (χ1) is 9.18. The van der Waals surface area contributed by atoms with Gasteiger partial charge in [0.15, 0.2) is 0 Å². The lowest BCUT2D eigenvalue weighted by Gasteiger charge is -2.04. The normalized spacial score (nSPS) is 10.8. The van der Waals surface area contributed by atoms with Crippen LogP contribution in [-0.4, -0.2) is 20.3 Å². The van der Waals surface area contributed by atoms with Crippen molar-refractivity contribution in [2.75, 3.05) is 0 Å². The first kappa shape index (κ1) is 11.5. The van der Waals surface area contributed by atoms with Crippen LogP contribution in [0.4, 0.5) is 0 Å². The van der Waals surface area contributed by atoms with Crippen molar-refractivity contribution in [3.8, 4) is 5.75 Å². The van der Waals surface area contributed by atoms with E-state index in [0.717, 1.165) is 11.2 Å². The lowest BCUT2D eigenvalue weighted by Crippen LogP contribution is -2.05. The van der Waals surface area contributed by atoms with Gasteiger partial charge in [-0.2, -0.15) is 0 Å². The summed E-state index contributed by atoms with van der Waals surface area (Å²) in [4.78, 5) is 16.7. The van der Waals surface area contributed by atoms with E-state index in [-0.39, 0.29) is 17.1 Å². The van der Waals surface area contributed by atoms with E-state index in [1.165, 1.54) is 12.3 Å². The molecule has 0 saturated carbocycles. The molecule has 19 heavy (non-hydrogen) atoms. The van der Waals surface area contributed by atoms with Gasteiger partial charge in [-0.05, 0) is 30.7 Å². The summed E-state index contributed by atoms with van der Waals surface area (Å²) in [6.07, 6.45) is 3.33. The SMILES string of the molecule is Cc1cccn2c(C(=O)c3ccccc3O)cnc12. The highest BCUT2D eigenvalue weighted by Gasteiger charge is 2.17. The van der Waals surface area contributed by atoms with Crippen molar-refractivity contribution in [1.29, 1.82) is 0 Å². The second kappa shape index (κ2) is 4.24. The molecule has 2 aromatic heterocycles. The van der Waals surface area contributed by atoms with E-state index in [9.17, 15) is 9.90 Å². The van der Waals surface area contributed by atoms with Crippen LogP contribution in [0.15, 0.2) is 48.8 Å². The van der Waals surface area contributed by atoms with E-state index >= 15 is 0 Å². The zero-order chi connectivity index (χ0) is 13.4. The van der Waals surface area contributed by atoms with Crippen LogP contribution in [0, 0.1) is 6.92 Å². The lowest BCUT2D eigenvalue weighted by molar-refractivity contribution is 0.103. The van der Waals surface area contributed by atoms with E-state index in [4.69, 9.17) is 0 Å². The number of aromatic nitrogens is 2. The third-order valence-electron chi connectivity index (χ3n) is 3.11. The second-order valence-electron chi connectivity index (χ2n) is 4.37. The van der Waals surface area contributed by atoms with Crippen molar-refractivity contribution >= 4 is 11.4 Å². The van der Waals surface area contributed by atoms with Crippen molar-refractivity contribution in [2.45, 2.75) is 6.92 Å². The van der Waals surface area contributed by atoms with E-state index in [2.05, 4.69) is 4.98 Å². The molecule has 1 N–H and O–H groups in total. The molecule has 0 aliphatic heterocycles. The van der Waals surface area contributed by atoms with Gasteiger partial charge in [0, 0.05) is 6.20 Å². The van der Waals surface area contributed by atoms with E-state index in [1.807, 2.05) is 19.1 Å². The number of pyridine rings is 1. The maximum absolute atomic E-state index is 12.4. The van der Waals surface area contributed by atoms with E-state index in [0.29, 0.717) is 5.69 Å². The number of para-hydroxylation sites is 1. The van der Waals surface area contributed by atoms with Crippen molar-refractivity contribution in [3.63, 3.8) is 0 Å². The quantitative estimate of drug-likeness (QED) is 0.713. The van der Waals surface area contributed by atoms with E-state index in [1.54, 1.807) is 28.8 Å². The zero-order valence-corrected chi connectivity index (χ0v) is 10.4. The van der Waals surface area contributed by atoms with Crippen LogP contribution < -0.4 is 0 Å². The third-order valence-corrected chi connectivity index (χ3v) is 3.11. The summed E-state index contributed by atoms with van der Waals surface area (Å²) in [5.74, 6) is -0.258. The van der Waals surface area contributed by atoms with Crippen molar-refractivity contribution < 1.29 is 9.90 Å². The molecule has 2 heterocycles. The number of aromatic hydroxyl groups is 1. The Bertz CT molecular complexity index is 775. The fraction of sp³-hybridized carbons (Fsp3) is 0.0667. The average molecular weight is 252 g/mol. The summed E-state index contributed by atoms with van der Waals surface area (Å²) in [6.45, 7) is 1.94. The monoisotopic (exact) mass is 252 g/mol. The molecule has 0 fully saturated rings. The molecule has 3 rings (SSSR count). The highest BCUT2D eigenvalue weighted by molar-refractivity contribution is 6.09. The van der Waals surface area contributed by atoms with Crippen LogP contribution in [-0.2, 0) is 0 Å². The van der Waals surface area contributed by atoms with Crippen LogP contribution in [0.3, 0.4) is 0 Å². The van der Waals surface area contributed by atoms with Gasteiger partial charge in [0.25, 0.3) is 0 Å². The molecule has 0 aliphatic rings. The molecule has 0 spiro atoms. The minimum Gasteiger partial charge on any atom is -0.507 e. The fourth-order valence-corrected chi connectivity index (χ4v) is 2.12. The summed E-state index contributed by atoms with van der Waals surface area (Å²) < 4.78 is 1.74. The van der Waals surface area contributed by atoms with Crippen molar-refractivity contribution in [3.05, 3.63) is 65.6 Å². The Morgan fingerprint density at radius 1 is 1.21 bits per heavy atom. The molecule has 4 nitrogen and oxygen atoms in total. The zero-order valence-electron chi connectivity index (χ0n) is 10.4. The Morgan fingerprint density at radius 3 is 2.79 bits per heavy atom. The first-order valence-corrected chi connectivity index (χ1v) is 5.94. The van der Waals surface area contributed by atoms with Crippen molar-refractivity contribution in [1.82, 2.24) is 9.38 Å². The molecular weight excluding hydrogens is 240 g/mol. The van der Waals surface area contributed by atoms with Gasteiger partial charge in [-0.25, -0.2) is 4.98 Å². The number of benzene rings is 1. The van der Waals surface area contributed by atoms with Gasteiger partial charge in [0.05, 0.1) is 11.8 Å². The number of ketones is 1. The Kier molecular flexibility index (Phi) is 2.56. The molecule has 0 unspecified atom stereocenters. The highest BCUT2D eigenvalue weighted by Crippen LogP contribution is 2.21. The van der Waals surface area contributed by atoms with Gasteiger partial charge in [-0.15, -0.1) is 0 Å². The number of nitrogens with zero attached hydrogens (tertiary/aromatic N) is 2. The van der Waals surface area contributed by atoms with Crippen LogP contribution in [0.1, 0.15) is 21.6 Å². The molecule has 0 bridgehead atoms. The Labute approximate surface area is 110 Å². The van der Waals surface area contributed by atoms with Crippen LogP contribution >= 0.6 is 0 Å². The molecule has 0 amide bonds. The number of imidazole rings is 1. The van der Waals surface area contributed by atoms with Gasteiger partial charge >= 0.3 is 0 Å². The lowest BCUT2D eigenvalue weighted by atomic mass is 10.1. The number of fused-ring (bicyclic) bond motifs is 1. The second-order valence-corrected chi connectivity index (χ2v) is 4.37. The standard InChI is InChI=1S/C15H12N2O2/c1-10-5-4-8-17-12(9-16-15(10)17)14(19)11-6-2-3-7-13(11)18/h2-9,18H,1H3. The van der Waals surface area contributed by atoms with Crippen LogP contribution in [0.25, 0.3) is 5.65 Å².